The smallest absolute Gasteiger partial charge is 0.0775 e. The maximum atomic E-state index is 5.58. The van der Waals surface area contributed by atoms with Crippen molar-refractivity contribution in [3.63, 3.8) is 0 Å². The fraction of sp³-hybridized carbons (Fsp3) is 0.600. The van der Waals surface area contributed by atoms with Crippen molar-refractivity contribution in [2.75, 3.05) is 13.2 Å². The topological polar surface area (TPSA) is 18.5 Å². The molecule has 0 bridgehead atoms. The van der Waals surface area contributed by atoms with Gasteiger partial charge in [0.25, 0.3) is 0 Å². The Morgan fingerprint density at radius 1 is 1.00 bits per heavy atom. The van der Waals surface area contributed by atoms with E-state index in [4.69, 9.17) is 9.47 Å². The average molecular weight is 266 g/mol. The second kappa shape index (κ2) is 7.07. The largest absolute Gasteiger partial charge is 0.376 e. The summed E-state index contributed by atoms with van der Waals surface area (Å²) in [6, 6.07) is 8.85. The first-order valence-electron chi connectivity index (χ1n) is 6.68. The molecule has 2 nitrogen and oxygen atoms in total. The van der Waals surface area contributed by atoms with Gasteiger partial charge < -0.3 is 9.47 Å². The monoisotopic (exact) mass is 266 g/mol. The van der Waals surface area contributed by atoms with E-state index < -0.39 is 8.07 Å². The molecule has 0 aliphatic heterocycles. The molecule has 3 heteroatoms. The Kier molecular flexibility index (Phi) is 6.06. The highest BCUT2D eigenvalue weighted by molar-refractivity contribution is 6.88. The SMILES string of the molecule is CC(C)OCCOCc1ccc([Si](C)(C)C)cc1. The van der Waals surface area contributed by atoms with Crippen molar-refractivity contribution in [2.24, 2.45) is 0 Å². The molecule has 0 saturated heterocycles. The number of hydrogen-bond donors (Lipinski definition) is 0. The van der Waals surface area contributed by atoms with Crippen LogP contribution >= 0.6 is 0 Å². The first-order valence-corrected chi connectivity index (χ1v) is 10.2. The number of benzene rings is 1. The van der Waals surface area contributed by atoms with Gasteiger partial charge in [-0.25, -0.2) is 0 Å². The average Bonchev–Trinajstić information content (AvgIpc) is 2.27. The standard InChI is InChI=1S/C15H26O2Si/c1-13(2)17-11-10-16-12-14-6-8-15(9-7-14)18(3,4)5/h6-9,13H,10-12H2,1-5H3. The molecular formula is C15H26O2Si. The number of hydrogen-bond acceptors (Lipinski definition) is 2. The third kappa shape index (κ3) is 5.80. The summed E-state index contributed by atoms with van der Waals surface area (Å²) in [4.78, 5) is 0. The summed E-state index contributed by atoms with van der Waals surface area (Å²) in [5, 5.41) is 1.49. The van der Waals surface area contributed by atoms with Crippen LogP contribution in [-0.4, -0.2) is 27.4 Å². The molecule has 0 aliphatic carbocycles. The van der Waals surface area contributed by atoms with Crippen LogP contribution in [0.25, 0.3) is 0 Å². The van der Waals surface area contributed by atoms with E-state index in [0.29, 0.717) is 19.8 Å². The van der Waals surface area contributed by atoms with Crippen LogP contribution in [0, 0.1) is 0 Å². The second-order valence-electron chi connectivity index (χ2n) is 5.92. The first-order chi connectivity index (χ1) is 8.39. The van der Waals surface area contributed by atoms with Crippen LogP contribution in [0.15, 0.2) is 24.3 Å². The molecule has 0 amide bonds. The lowest BCUT2D eigenvalue weighted by Gasteiger charge is -2.16. The molecule has 0 N–H and O–H groups in total. The maximum Gasteiger partial charge on any atom is 0.0775 e. The number of rotatable bonds is 7. The van der Waals surface area contributed by atoms with E-state index >= 15 is 0 Å². The van der Waals surface area contributed by atoms with Crippen LogP contribution in [0.3, 0.4) is 0 Å². The van der Waals surface area contributed by atoms with E-state index in [1.807, 2.05) is 13.8 Å². The van der Waals surface area contributed by atoms with Crippen molar-refractivity contribution in [1.29, 1.82) is 0 Å². The van der Waals surface area contributed by atoms with Crippen LogP contribution in [0.1, 0.15) is 19.4 Å². The van der Waals surface area contributed by atoms with Gasteiger partial charge in [0.2, 0.25) is 0 Å². The summed E-state index contributed by atoms with van der Waals surface area (Å²) in [6.07, 6.45) is 0.282. The zero-order valence-electron chi connectivity index (χ0n) is 12.3. The summed E-state index contributed by atoms with van der Waals surface area (Å²) < 4.78 is 11.0. The molecule has 102 valence electrons. The van der Waals surface area contributed by atoms with Gasteiger partial charge in [-0.3, -0.25) is 0 Å². The van der Waals surface area contributed by atoms with Crippen LogP contribution in [0.2, 0.25) is 19.6 Å². The third-order valence-corrected chi connectivity index (χ3v) is 4.83. The molecule has 0 aliphatic rings. The Balaban J connectivity index is 2.31. The van der Waals surface area contributed by atoms with Gasteiger partial charge in [0, 0.05) is 0 Å². The highest BCUT2D eigenvalue weighted by Gasteiger charge is 2.15. The van der Waals surface area contributed by atoms with Gasteiger partial charge in [-0.1, -0.05) is 49.1 Å². The van der Waals surface area contributed by atoms with Gasteiger partial charge in [0.15, 0.2) is 0 Å². The minimum Gasteiger partial charge on any atom is -0.376 e. The highest BCUT2D eigenvalue weighted by atomic mass is 28.3. The molecule has 0 spiro atoms. The summed E-state index contributed by atoms with van der Waals surface area (Å²) in [5.74, 6) is 0. The van der Waals surface area contributed by atoms with Crippen molar-refractivity contribution >= 4 is 13.3 Å². The van der Waals surface area contributed by atoms with Crippen LogP contribution in [-0.2, 0) is 16.1 Å². The lowest BCUT2D eigenvalue weighted by Crippen LogP contribution is -2.37. The zero-order chi connectivity index (χ0) is 13.6. The summed E-state index contributed by atoms with van der Waals surface area (Å²) in [7, 11) is -1.17. The number of ether oxygens (including phenoxy) is 2. The molecule has 0 unspecified atom stereocenters. The van der Waals surface area contributed by atoms with E-state index in [0.717, 1.165) is 0 Å². The predicted molar refractivity (Wildman–Crippen MR) is 80.2 cm³/mol. The summed E-state index contributed by atoms with van der Waals surface area (Å²) in [5.41, 5.74) is 1.24. The molecule has 0 radical (unpaired) electrons. The second-order valence-corrected chi connectivity index (χ2v) is 11.0. The van der Waals surface area contributed by atoms with Crippen molar-refractivity contribution in [2.45, 2.75) is 46.2 Å². The van der Waals surface area contributed by atoms with Crippen LogP contribution in [0.4, 0.5) is 0 Å². The molecule has 0 saturated carbocycles. The highest BCUT2D eigenvalue weighted by Crippen LogP contribution is 2.05. The van der Waals surface area contributed by atoms with E-state index in [1.54, 1.807) is 0 Å². The Labute approximate surface area is 112 Å². The van der Waals surface area contributed by atoms with Gasteiger partial charge in [-0.05, 0) is 19.4 Å². The van der Waals surface area contributed by atoms with E-state index in [-0.39, 0.29) is 6.10 Å². The lowest BCUT2D eigenvalue weighted by molar-refractivity contribution is 0.0143. The normalized spacial score (nSPS) is 12.1. The molecule has 1 rings (SSSR count). The molecule has 0 fully saturated rings. The maximum absolute atomic E-state index is 5.58. The van der Waals surface area contributed by atoms with Crippen LogP contribution < -0.4 is 5.19 Å². The molecule has 18 heavy (non-hydrogen) atoms. The van der Waals surface area contributed by atoms with Gasteiger partial charge in [0.1, 0.15) is 0 Å². The summed E-state index contributed by atoms with van der Waals surface area (Å²) >= 11 is 0. The Bertz CT molecular complexity index is 339. The minimum absolute atomic E-state index is 0.282. The van der Waals surface area contributed by atoms with Crippen molar-refractivity contribution in [3.8, 4) is 0 Å². The fourth-order valence-electron chi connectivity index (χ4n) is 1.63. The van der Waals surface area contributed by atoms with Gasteiger partial charge >= 0.3 is 0 Å². The molecule has 0 aromatic heterocycles. The molecule has 1 aromatic carbocycles. The van der Waals surface area contributed by atoms with E-state index in [2.05, 4.69) is 43.9 Å². The Morgan fingerprint density at radius 3 is 2.11 bits per heavy atom. The van der Waals surface area contributed by atoms with E-state index in [9.17, 15) is 0 Å². The van der Waals surface area contributed by atoms with E-state index in [1.165, 1.54) is 10.8 Å². The first kappa shape index (κ1) is 15.4. The molecule has 0 heterocycles. The zero-order valence-corrected chi connectivity index (χ0v) is 13.3. The van der Waals surface area contributed by atoms with Crippen molar-refractivity contribution in [1.82, 2.24) is 0 Å². The van der Waals surface area contributed by atoms with Gasteiger partial charge in [-0.15, -0.1) is 0 Å². The lowest BCUT2D eigenvalue weighted by atomic mass is 10.2. The Hall–Kier alpha value is -0.643. The quantitative estimate of drug-likeness (QED) is 0.557. The fourth-order valence-corrected chi connectivity index (χ4v) is 2.80. The van der Waals surface area contributed by atoms with Crippen LogP contribution in [0.5, 0.6) is 0 Å². The predicted octanol–water partition coefficient (Wildman–Crippen LogP) is 3.17. The molecule has 1 aromatic rings. The van der Waals surface area contributed by atoms with Gasteiger partial charge in [-0.2, -0.15) is 0 Å². The van der Waals surface area contributed by atoms with Crippen molar-refractivity contribution in [3.05, 3.63) is 29.8 Å². The molecule has 0 atom stereocenters. The third-order valence-electron chi connectivity index (χ3n) is 2.77. The summed E-state index contributed by atoms with van der Waals surface area (Å²) in [6.45, 7) is 13.2. The Morgan fingerprint density at radius 2 is 1.61 bits per heavy atom. The van der Waals surface area contributed by atoms with Gasteiger partial charge in [0.05, 0.1) is 34.0 Å². The van der Waals surface area contributed by atoms with Crippen molar-refractivity contribution < 1.29 is 9.47 Å². The molecular weight excluding hydrogens is 240 g/mol. The minimum atomic E-state index is -1.17.